The number of nitrogens with zero attached hydrogens (tertiary/aromatic N) is 1. The van der Waals surface area contributed by atoms with Gasteiger partial charge in [-0.15, -0.1) is 0 Å². The van der Waals surface area contributed by atoms with Gasteiger partial charge >= 0.3 is 0 Å². The van der Waals surface area contributed by atoms with E-state index in [1.165, 1.54) is 0 Å². The van der Waals surface area contributed by atoms with Gasteiger partial charge in [0.15, 0.2) is 11.5 Å². The van der Waals surface area contributed by atoms with E-state index in [-0.39, 0.29) is 12.4 Å². The predicted molar refractivity (Wildman–Crippen MR) is 84.8 cm³/mol. The van der Waals surface area contributed by atoms with E-state index < -0.39 is 0 Å². The molecule has 1 aliphatic rings. The minimum absolute atomic E-state index is 0.00495. The monoisotopic (exact) mass is 335 g/mol. The Morgan fingerprint density at radius 1 is 1.39 bits per heavy atom. The van der Waals surface area contributed by atoms with Crippen LogP contribution in [0.15, 0.2) is 34.9 Å². The molecule has 0 N–H and O–H groups in total. The molecule has 0 saturated carbocycles. The zero-order valence-corrected chi connectivity index (χ0v) is 13.4. The molecule has 2 aromatic rings. The van der Waals surface area contributed by atoms with Crippen molar-refractivity contribution in [3.63, 3.8) is 0 Å². The molecule has 1 aliphatic heterocycles. The molecule has 1 aromatic heterocycles. The Bertz CT molecular complexity index is 664. The van der Waals surface area contributed by atoms with E-state index in [0.717, 1.165) is 26.1 Å². The molecule has 0 amide bonds. The number of hydrogen-bond acceptors (Lipinski definition) is 5. The molecule has 122 valence electrons. The van der Waals surface area contributed by atoms with Gasteiger partial charge in [0.2, 0.25) is 0 Å². The summed E-state index contributed by atoms with van der Waals surface area (Å²) in [5.74, 6) is 1.63. The van der Waals surface area contributed by atoms with E-state index in [0.29, 0.717) is 34.6 Å². The first-order chi connectivity index (χ1) is 11.2. The van der Waals surface area contributed by atoms with E-state index in [9.17, 15) is 4.79 Å². The normalized spacial score (nSPS) is 17.3. The molecule has 1 fully saturated rings. The van der Waals surface area contributed by atoms with Crippen molar-refractivity contribution in [1.29, 1.82) is 0 Å². The first kappa shape index (κ1) is 16.0. The maximum Gasteiger partial charge on any atom is 0.184 e. The van der Waals surface area contributed by atoms with Gasteiger partial charge in [-0.2, -0.15) is 0 Å². The summed E-state index contributed by atoms with van der Waals surface area (Å²) in [6, 6.07) is 8.73. The Labute approximate surface area is 139 Å². The van der Waals surface area contributed by atoms with E-state index in [1.807, 2.05) is 0 Å². The minimum Gasteiger partial charge on any atom is -0.485 e. The third kappa shape index (κ3) is 4.56. The van der Waals surface area contributed by atoms with Crippen LogP contribution in [0.3, 0.4) is 0 Å². The van der Waals surface area contributed by atoms with Gasteiger partial charge < -0.3 is 14.0 Å². The summed E-state index contributed by atoms with van der Waals surface area (Å²) in [6.07, 6.45) is 2.33. The number of ether oxygens (including phenoxy) is 2. The fourth-order valence-electron chi connectivity index (χ4n) is 2.50. The van der Waals surface area contributed by atoms with Gasteiger partial charge in [-0.1, -0.05) is 22.8 Å². The van der Waals surface area contributed by atoms with Crippen LogP contribution in [0.4, 0.5) is 0 Å². The molecule has 0 spiro atoms. The van der Waals surface area contributed by atoms with Gasteiger partial charge in [-0.05, 0) is 37.0 Å². The van der Waals surface area contributed by atoms with Crippen molar-refractivity contribution < 1.29 is 18.8 Å². The largest absolute Gasteiger partial charge is 0.485 e. The number of ketones is 1. The Morgan fingerprint density at radius 3 is 3.09 bits per heavy atom. The lowest BCUT2D eigenvalue weighted by Gasteiger charge is -2.04. The van der Waals surface area contributed by atoms with Crippen molar-refractivity contribution in [1.82, 2.24) is 5.16 Å². The lowest BCUT2D eigenvalue weighted by atomic mass is 10.00. The van der Waals surface area contributed by atoms with E-state index >= 15 is 0 Å². The van der Waals surface area contributed by atoms with Crippen LogP contribution in [0.5, 0.6) is 5.75 Å². The second kappa shape index (κ2) is 7.62. The van der Waals surface area contributed by atoms with Crippen molar-refractivity contribution in [2.45, 2.75) is 25.9 Å². The number of carbonyl (C=O) groups excluding carboxylic acids is 1. The second-order valence-corrected chi connectivity index (χ2v) is 6.05. The van der Waals surface area contributed by atoms with Crippen LogP contribution in [0.25, 0.3) is 0 Å². The number of halogens is 1. The molecular weight excluding hydrogens is 318 g/mol. The third-order valence-electron chi connectivity index (χ3n) is 3.83. The first-order valence-electron chi connectivity index (χ1n) is 7.65. The molecule has 1 atom stereocenters. The highest BCUT2D eigenvalue weighted by atomic mass is 35.5. The Kier molecular flexibility index (Phi) is 5.31. The molecule has 1 unspecified atom stereocenters. The first-order valence-corrected chi connectivity index (χ1v) is 8.03. The van der Waals surface area contributed by atoms with Crippen LogP contribution in [-0.4, -0.2) is 24.2 Å². The zero-order valence-electron chi connectivity index (χ0n) is 12.7. The SMILES string of the molecule is O=C(CCC1CCOC1)c1cc(COc2cccc(Cl)c2)on1. The van der Waals surface area contributed by atoms with Crippen molar-refractivity contribution >= 4 is 17.4 Å². The molecule has 0 bridgehead atoms. The number of aromatic nitrogens is 1. The summed E-state index contributed by atoms with van der Waals surface area (Å²) in [6.45, 7) is 1.76. The molecule has 23 heavy (non-hydrogen) atoms. The number of carbonyl (C=O) groups is 1. The molecule has 1 aromatic carbocycles. The van der Waals surface area contributed by atoms with Gasteiger partial charge in [-0.3, -0.25) is 4.79 Å². The lowest BCUT2D eigenvalue weighted by molar-refractivity contribution is 0.0962. The van der Waals surface area contributed by atoms with E-state index in [1.54, 1.807) is 30.3 Å². The molecular formula is C17H18ClNO4. The van der Waals surface area contributed by atoms with Crippen molar-refractivity contribution in [3.05, 3.63) is 46.8 Å². The Balaban J connectivity index is 1.49. The van der Waals surface area contributed by atoms with Gasteiger partial charge in [0, 0.05) is 30.7 Å². The fraction of sp³-hybridized carbons (Fsp3) is 0.412. The topological polar surface area (TPSA) is 61.6 Å². The van der Waals surface area contributed by atoms with E-state index in [2.05, 4.69) is 5.16 Å². The van der Waals surface area contributed by atoms with Crippen LogP contribution in [0, 0.1) is 5.92 Å². The zero-order chi connectivity index (χ0) is 16.1. The van der Waals surface area contributed by atoms with Crippen molar-refractivity contribution in [2.24, 2.45) is 5.92 Å². The van der Waals surface area contributed by atoms with Gasteiger partial charge in [0.25, 0.3) is 0 Å². The summed E-state index contributed by atoms with van der Waals surface area (Å²) in [7, 11) is 0. The van der Waals surface area contributed by atoms with Crippen molar-refractivity contribution in [3.8, 4) is 5.75 Å². The maximum atomic E-state index is 12.1. The average Bonchev–Trinajstić information content (AvgIpc) is 3.22. The van der Waals surface area contributed by atoms with Crippen LogP contribution >= 0.6 is 11.6 Å². The molecule has 5 nitrogen and oxygen atoms in total. The lowest BCUT2D eigenvalue weighted by Crippen LogP contribution is -2.05. The number of benzene rings is 1. The average molecular weight is 336 g/mol. The Hall–Kier alpha value is -1.85. The van der Waals surface area contributed by atoms with Crippen LogP contribution in [0.2, 0.25) is 5.02 Å². The number of hydrogen-bond donors (Lipinski definition) is 0. The van der Waals surface area contributed by atoms with Gasteiger partial charge in [0.05, 0.1) is 0 Å². The van der Waals surface area contributed by atoms with Crippen LogP contribution in [0.1, 0.15) is 35.5 Å². The van der Waals surface area contributed by atoms with Gasteiger partial charge in [-0.25, -0.2) is 0 Å². The summed E-state index contributed by atoms with van der Waals surface area (Å²) in [5, 5.41) is 4.43. The van der Waals surface area contributed by atoms with Crippen molar-refractivity contribution in [2.75, 3.05) is 13.2 Å². The highest BCUT2D eigenvalue weighted by Crippen LogP contribution is 2.21. The van der Waals surface area contributed by atoms with Gasteiger partial charge in [0.1, 0.15) is 18.1 Å². The third-order valence-corrected chi connectivity index (χ3v) is 4.06. The fourth-order valence-corrected chi connectivity index (χ4v) is 2.68. The van der Waals surface area contributed by atoms with Crippen LogP contribution in [-0.2, 0) is 11.3 Å². The quantitative estimate of drug-likeness (QED) is 0.718. The summed E-state index contributed by atoms with van der Waals surface area (Å²) >= 11 is 5.89. The number of Topliss-reactive ketones (excluding diaryl/α,β-unsaturated/α-hetero) is 1. The molecule has 0 radical (unpaired) electrons. The summed E-state index contributed by atoms with van der Waals surface area (Å²) < 4.78 is 16.0. The number of rotatable bonds is 7. The maximum absolute atomic E-state index is 12.1. The standard InChI is InChI=1S/C17H18ClNO4/c18-13-2-1-3-14(8-13)22-11-15-9-16(19-23-15)17(20)5-4-12-6-7-21-10-12/h1-3,8-9,12H,4-7,10-11H2. The molecule has 1 saturated heterocycles. The summed E-state index contributed by atoms with van der Waals surface area (Å²) in [4.78, 5) is 12.1. The van der Waals surface area contributed by atoms with Crippen LogP contribution < -0.4 is 4.74 Å². The summed E-state index contributed by atoms with van der Waals surface area (Å²) in [5.41, 5.74) is 0.355. The second-order valence-electron chi connectivity index (χ2n) is 5.62. The molecule has 3 rings (SSSR count). The smallest absolute Gasteiger partial charge is 0.184 e. The van der Waals surface area contributed by atoms with E-state index in [4.69, 9.17) is 25.6 Å². The predicted octanol–water partition coefficient (Wildman–Crippen LogP) is 3.91. The molecule has 0 aliphatic carbocycles. The highest BCUT2D eigenvalue weighted by Gasteiger charge is 2.19. The minimum atomic E-state index is -0.00495. The molecule has 2 heterocycles. The molecule has 6 heteroatoms. The highest BCUT2D eigenvalue weighted by molar-refractivity contribution is 6.30. The Morgan fingerprint density at radius 2 is 2.30 bits per heavy atom.